The highest BCUT2D eigenvalue weighted by molar-refractivity contribution is 6.04. The molecule has 9 nitrogen and oxygen atoms in total. The van der Waals surface area contributed by atoms with Gasteiger partial charge >= 0.3 is 5.90 Å². The number of nitrogen functional groups attached to an aromatic ring is 1. The van der Waals surface area contributed by atoms with Gasteiger partial charge in [0.1, 0.15) is 11.4 Å². The van der Waals surface area contributed by atoms with Gasteiger partial charge in [-0.15, -0.1) is 4.99 Å². The Morgan fingerprint density at radius 1 is 1.13 bits per heavy atom. The SMILES string of the molecule is N=C(N=C([OH2+])c1cnn(C2COC2)c1)C1(c2ccc(-c3cnc(N)nc3)cc2)CCC1. The van der Waals surface area contributed by atoms with Gasteiger partial charge in [0, 0.05) is 24.2 Å². The third-order valence-electron chi connectivity index (χ3n) is 6.20. The third-order valence-corrected chi connectivity index (χ3v) is 6.20. The van der Waals surface area contributed by atoms with Crippen LogP contribution in [-0.2, 0) is 10.2 Å². The maximum Gasteiger partial charge on any atom is 0.369 e. The molecule has 9 heteroatoms. The molecular formula is C22H24N7O2+. The van der Waals surface area contributed by atoms with Gasteiger partial charge in [0.05, 0.1) is 30.9 Å². The number of ether oxygens (including phenoxy) is 1. The molecule has 2 aliphatic rings. The van der Waals surface area contributed by atoms with E-state index in [0.29, 0.717) is 18.8 Å². The molecule has 158 valence electrons. The number of anilines is 1. The first-order valence-corrected chi connectivity index (χ1v) is 10.3. The number of nitrogens with one attached hydrogen (secondary N) is 1. The van der Waals surface area contributed by atoms with Crippen LogP contribution in [-0.4, -0.2) is 49.8 Å². The Balaban J connectivity index is 1.37. The Morgan fingerprint density at radius 2 is 1.84 bits per heavy atom. The molecule has 5 rings (SSSR count). The van der Waals surface area contributed by atoms with E-state index in [0.717, 1.165) is 36.0 Å². The number of nitrogens with two attached hydrogens (primary N) is 1. The van der Waals surface area contributed by atoms with Crippen molar-refractivity contribution >= 4 is 17.7 Å². The van der Waals surface area contributed by atoms with Crippen molar-refractivity contribution in [3.63, 3.8) is 0 Å². The zero-order valence-corrected chi connectivity index (χ0v) is 17.0. The number of rotatable bonds is 5. The molecule has 5 N–H and O–H groups in total. The molecule has 0 amide bonds. The molecule has 1 aliphatic heterocycles. The Labute approximate surface area is 179 Å². The lowest BCUT2D eigenvalue weighted by molar-refractivity contribution is -0.0286. The van der Waals surface area contributed by atoms with Gasteiger partial charge in [-0.1, -0.05) is 30.7 Å². The van der Waals surface area contributed by atoms with Crippen LogP contribution in [0, 0.1) is 5.41 Å². The largest absolute Gasteiger partial charge is 0.578 e. The van der Waals surface area contributed by atoms with Crippen LogP contribution < -0.4 is 5.73 Å². The van der Waals surface area contributed by atoms with Gasteiger partial charge in [-0.05, 0) is 24.0 Å². The predicted molar refractivity (Wildman–Crippen MR) is 117 cm³/mol. The van der Waals surface area contributed by atoms with E-state index in [-0.39, 0.29) is 23.7 Å². The number of benzene rings is 1. The molecule has 0 bridgehead atoms. The first kappa shape index (κ1) is 19.4. The Bertz CT molecular complexity index is 1130. The van der Waals surface area contributed by atoms with E-state index in [1.807, 2.05) is 35.1 Å². The molecule has 1 aliphatic carbocycles. The molecule has 1 saturated carbocycles. The van der Waals surface area contributed by atoms with Crippen LogP contribution in [0.25, 0.3) is 11.1 Å². The van der Waals surface area contributed by atoms with Gasteiger partial charge < -0.3 is 15.6 Å². The van der Waals surface area contributed by atoms with Crippen LogP contribution in [0.4, 0.5) is 5.95 Å². The van der Waals surface area contributed by atoms with Gasteiger partial charge in [0.25, 0.3) is 0 Å². The summed E-state index contributed by atoms with van der Waals surface area (Å²) in [6.07, 6.45) is 9.59. The molecule has 3 heterocycles. The van der Waals surface area contributed by atoms with Crippen LogP contribution in [0.5, 0.6) is 0 Å². The summed E-state index contributed by atoms with van der Waals surface area (Å²) in [5.74, 6) is 0.545. The van der Waals surface area contributed by atoms with Crippen molar-refractivity contribution in [2.24, 2.45) is 4.99 Å². The average molecular weight is 418 g/mol. The quantitative estimate of drug-likeness (QED) is 0.371. The fourth-order valence-corrected chi connectivity index (χ4v) is 3.98. The first-order chi connectivity index (χ1) is 15.0. The van der Waals surface area contributed by atoms with Crippen LogP contribution in [0.3, 0.4) is 0 Å². The van der Waals surface area contributed by atoms with Crippen LogP contribution in [0.2, 0.25) is 0 Å². The van der Waals surface area contributed by atoms with E-state index >= 15 is 0 Å². The van der Waals surface area contributed by atoms with Crippen LogP contribution in [0.1, 0.15) is 36.4 Å². The third kappa shape index (κ3) is 3.46. The van der Waals surface area contributed by atoms with Crippen LogP contribution >= 0.6 is 0 Å². The zero-order valence-electron chi connectivity index (χ0n) is 17.0. The summed E-state index contributed by atoms with van der Waals surface area (Å²) in [6, 6.07) is 8.31. The van der Waals surface area contributed by atoms with E-state index in [1.165, 1.54) is 0 Å². The van der Waals surface area contributed by atoms with Crippen molar-refractivity contribution in [1.29, 1.82) is 5.41 Å². The van der Waals surface area contributed by atoms with Gasteiger partial charge in [-0.3, -0.25) is 10.1 Å². The molecule has 0 radical (unpaired) electrons. The fraction of sp³-hybridized carbons (Fsp3) is 0.318. The van der Waals surface area contributed by atoms with Crippen molar-refractivity contribution in [1.82, 2.24) is 19.7 Å². The molecule has 0 atom stereocenters. The Kier molecular flexibility index (Phi) is 4.74. The fourth-order valence-electron chi connectivity index (χ4n) is 3.98. The zero-order chi connectivity index (χ0) is 21.4. The number of hydrogen-bond donors (Lipinski definition) is 2. The van der Waals surface area contributed by atoms with Gasteiger partial charge in [-0.2, -0.15) is 5.10 Å². The first-order valence-electron chi connectivity index (χ1n) is 10.3. The number of amidine groups is 1. The lowest BCUT2D eigenvalue weighted by Gasteiger charge is -2.41. The minimum atomic E-state index is -0.444. The molecule has 3 aromatic rings. The Morgan fingerprint density at radius 3 is 2.42 bits per heavy atom. The monoisotopic (exact) mass is 418 g/mol. The highest BCUT2D eigenvalue weighted by Gasteiger charge is 2.43. The van der Waals surface area contributed by atoms with Crippen molar-refractivity contribution in [2.75, 3.05) is 18.9 Å². The predicted octanol–water partition coefficient (Wildman–Crippen LogP) is 2.06. The summed E-state index contributed by atoms with van der Waals surface area (Å²) >= 11 is 0. The number of nitrogens with zero attached hydrogens (tertiary/aromatic N) is 5. The molecule has 1 saturated heterocycles. The highest BCUT2D eigenvalue weighted by Crippen LogP contribution is 2.45. The van der Waals surface area contributed by atoms with Gasteiger partial charge in [0.2, 0.25) is 5.95 Å². The van der Waals surface area contributed by atoms with E-state index in [2.05, 4.69) is 20.1 Å². The summed E-state index contributed by atoms with van der Waals surface area (Å²) in [5.41, 5.74) is 8.66. The maximum absolute atomic E-state index is 8.70. The molecule has 0 spiro atoms. The summed E-state index contributed by atoms with van der Waals surface area (Å²) in [4.78, 5) is 12.5. The smallest absolute Gasteiger partial charge is 0.369 e. The minimum absolute atomic E-state index is 0.0680. The lowest BCUT2D eigenvalue weighted by Crippen LogP contribution is -2.41. The van der Waals surface area contributed by atoms with Crippen molar-refractivity contribution in [3.05, 3.63) is 60.2 Å². The van der Waals surface area contributed by atoms with E-state index < -0.39 is 5.41 Å². The molecular weight excluding hydrogens is 394 g/mol. The van der Waals surface area contributed by atoms with E-state index in [4.69, 9.17) is 21.0 Å². The second kappa shape index (κ2) is 7.59. The average Bonchev–Trinajstić information content (AvgIpc) is 3.16. The highest BCUT2D eigenvalue weighted by atomic mass is 16.5. The number of aromatic nitrogens is 4. The van der Waals surface area contributed by atoms with Gasteiger partial charge in [-0.25, -0.2) is 9.97 Å². The molecule has 0 unspecified atom stereocenters. The summed E-state index contributed by atoms with van der Waals surface area (Å²) < 4.78 is 7.01. The summed E-state index contributed by atoms with van der Waals surface area (Å²) in [6.45, 7) is 1.28. The molecule has 2 aromatic heterocycles. The van der Waals surface area contributed by atoms with Crippen LogP contribution in [0.15, 0.2) is 54.0 Å². The topological polar surface area (TPSA) is 138 Å². The lowest BCUT2D eigenvalue weighted by atomic mass is 9.63. The van der Waals surface area contributed by atoms with E-state index in [9.17, 15) is 0 Å². The minimum Gasteiger partial charge on any atom is -0.578 e. The number of hydrogen-bond acceptors (Lipinski definition) is 6. The molecule has 2 fully saturated rings. The molecule has 1 aromatic carbocycles. The van der Waals surface area contributed by atoms with E-state index in [1.54, 1.807) is 18.6 Å². The van der Waals surface area contributed by atoms with Crippen molar-refractivity contribution in [3.8, 4) is 11.1 Å². The van der Waals surface area contributed by atoms with Gasteiger partial charge in [0.15, 0.2) is 0 Å². The number of aliphatic imine (C=N–C) groups is 1. The molecule has 31 heavy (non-hydrogen) atoms. The van der Waals surface area contributed by atoms with Crippen molar-refractivity contribution in [2.45, 2.75) is 30.7 Å². The summed E-state index contributed by atoms with van der Waals surface area (Å²) in [7, 11) is 0. The summed E-state index contributed by atoms with van der Waals surface area (Å²) in [5, 5.41) is 21.4. The second-order valence-electron chi connectivity index (χ2n) is 8.05. The Hall–Kier alpha value is -3.59. The second-order valence-corrected chi connectivity index (χ2v) is 8.05. The normalized spacial score (nSPS) is 18.3. The maximum atomic E-state index is 8.70. The van der Waals surface area contributed by atoms with Crippen molar-refractivity contribution < 1.29 is 9.84 Å². The standard InChI is InChI=1S/C22H23N7O2/c23-20(28-19(30)16-10-27-29(11-16)18-12-31-13-18)22(6-1-7-22)17-4-2-14(3-5-17)15-8-25-21(24)26-9-15/h2-5,8-11,18H,1,6-7,12-13H2,(H2,23,28,30)(H2,24,25,26)/p+1.